The zero-order chi connectivity index (χ0) is 14.1. The molecule has 3 heterocycles. The Kier molecular flexibility index (Phi) is 3.43. The van der Waals surface area contributed by atoms with E-state index >= 15 is 0 Å². The van der Waals surface area contributed by atoms with Crippen molar-refractivity contribution >= 4 is 0 Å². The van der Waals surface area contributed by atoms with Crippen molar-refractivity contribution in [2.75, 3.05) is 13.1 Å². The highest BCUT2D eigenvalue weighted by molar-refractivity contribution is 5.12. The molecule has 0 aromatic carbocycles. The van der Waals surface area contributed by atoms with E-state index < -0.39 is 0 Å². The first-order valence-electron chi connectivity index (χ1n) is 7.01. The Morgan fingerprint density at radius 1 is 1.25 bits per heavy atom. The summed E-state index contributed by atoms with van der Waals surface area (Å²) in [7, 11) is 0. The van der Waals surface area contributed by atoms with Gasteiger partial charge in [0.25, 0.3) is 0 Å². The highest BCUT2D eigenvalue weighted by atomic mass is 16.1. The maximum absolute atomic E-state index is 11.1. The summed E-state index contributed by atoms with van der Waals surface area (Å²) in [6, 6.07) is 0. The third-order valence-corrected chi connectivity index (χ3v) is 3.97. The normalized spacial score (nSPS) is 17.7. The first-order valence-corrected chi connectivity index (χ1v) is 7.01. The molecule has 3 N–H and O–H groups in total. The fourth-order valence-electron chi connectivity index (χ4n) is 2.86. The minimum Gasteiger partial charge on any atom is -0.346 e. The molecule has 7 nitrogen and oxygen atoms in total. The molecule has 1 aliphatic rings. The fraction of sp³-hybridized carbons (Fsp3) is 0.615. The van der Waals surface area contributed by atoms with E-state index in [9.17, 15) is 4.79 Å². The van der Waals surface area contributed by atoms with Crippen molar-refractivity contribution in [1.82, 2.24) is 30.0 Å². The van der Waals surface area contributed by atoms with E-state index in [2.05, 4.69) is 37.0 Å². The van der Waals surface area contributed by atoms with Gasteiger partial charge in [-0.2, -0.15) is 5.10 Å². The molecule has 20 heavy (non-hydrogen) atoms. The Bertz CT molecular complexity index is 631. The summed E-state index contributed by atoms with van der Waals surface area (Å²) >= 11 is 0. The van der Waals surface area contributed by atoms with Crippen molar-refractivity contribution < 1.29 is 0 Å². The predicted octanol–water partition coefficient (Wildman–Crippen LogP) is 0.818. The highest BCUT2D eigenvalue weighted by Crippen LogP contribution is 2.25. The molecule has 3 rings (SSSR count). The SMILES string of the molecule is Cc1nc(CN2CCC(c3n[nH]c(=O)[nH]3)CC2)c(C)[nH]1. The van der Waals surface area contributed by atoms with Crippen LogP contribution in [-0.2, 0) is 6.54 Å². The van der Waals surface area contributed by atoms with E-state index in [1.807, 2.05) is 6.92 Å². The van der Waals surface area contributed by atoms with Gasteiger partial charge in [-0.1, -0.05) is 0 Å². The van der Waals surface area contributed by atoms with Crippen LogP contribution >= 0.6 is 0 Å². The summed E-state index contributed by atoms with van der Waals surface area (Å²) in [5, 5.41) is 6.48. The number of hydrogen-bond acceptors (Lipinski definition) is 4. The molecule has 1 fully saturated rings. The molecule has 0 amide bonds. The topological polar surface area (TPSA) is 93.5 Å². The molecule has 0 bridgehead atoms. The van der Waals surface area contributed by atoms with Crippen LogP contribution in [0.2, 0.25) is 0 Å². The van der Waals surface area contributed by atoms with Gasteiger partial charge in [0.1, 0.15) is 11.6 Å². The van der Waals surface area contributed by atoms with Crippen LogP contribution in [0.4, 0.5) is 0 Å². The van der Waals surface area contributed by atoms with Crippen LogP contribution in [0.1, 0.15) is 41.8 Å². The lowest BCUT2D eigenvalue weighted by Crippen LogP contribution is -2.33. The van der Waals surface area contributed by atoms with Gasteiger partial charge < -0.3 is 4.98 Å². The van der Waals surface area contributed by atoms with Gasteiger partial charge in [0, 0.05) is 18.2 Å². The Morgan fingerprint density at radius 3 is 2.55 bits per heavy atom. The Morgan fingerprint density at radius 2 is 2.00 bits per heavy atom. The number of nitrogens with one attached hydrogen (secondary N) is 3. The summed E-state index contributed by atoms with van der Waals surface area (Å²) < 4.78 is 0. The number of H-pyrrole nitrogens is 3. The van der Waals surface area contributed by atoms with Crippen molar-refractivity contribution in [1.29, 1.82) is 0 Å². The Hall–Kier alpha value is -1.89. The molecule has 0 spiro atoms. The zero-order valence-corrected chi connectivity index (χ0v) is 11.9. The standard InChI is InChI=1S/C13H20N6O/c1-8-11(15-9(2)14-8)7-19-5-3-10(4-6-19)12-16-13(20)18-17-12/h10H,3-7H2,1-2H3,(H,14,15)(H2,16,17,18,20). The van der Waals surface area contributed by atoms with Gasteiger partial charge in [0.05, 0.1) is 5.69 Å². The largest absolute Gasteiger partial charge is 0.346 e. The monoisotopic (exact) mass is 276 g/mol. The number of aryl methyl sites for hydroxylation is 2. The van der Waals surface area contributed by atoms with Gasteiger partial charge in [0.15, 0.2) is 0 Å². The van der Waals surface area contributed by atoms with Crippen LogP contribution in [0.25, 0.3) is 0 Å². The molecule has 2 aromatic heterocycles. The van der Waals surface area contributed by atoms with E-state index in [4.69, 9.17) is 0 Å². The molecule has 0 unspecified atom stereocenters. The molecule has 0 atom stereocenters. The third kappa shape index (κ3) is 2.67. The molecule has 0 saturated carbocycles. The lowest BCUT2D eigenvalue weighted by atomic mass is 9.96. The van der Waals surface area contributed by atoms with Crippen LogP contribution in [-0.4, -0.2) is 43.1 Å². The van der Waals surface area contributed by atoms with Crippen LogP contribution in [0, 0.1) is 13.8 Å². The second kappa shape index (κ2) is 5.24. The first-order chi connectivity index (χ1) is 9.61. The Balaban J connectivity index is 1.58. The van der Waals surface area contributed by atoms with Crippen molar-refractivity contribution in [2.24, 2.45) is 0 Å². The lowest BCUT2D eigenvalue weighted by Gasteiger charge is -2.30. The summed E-state index contributed by atoms with van der Waals surface area (Å²) in [5.41, 5.74) is 2.07. The molecule has 2 aromatic rings. The van der Waals surface area contributed by atoms with Gasteiger partial charge in [-0.25, -0.2) is 14.9 Å². The average Bonchev–Trinajstić information content (AvgIpc) is 2.97. The molecule has 0 aliphatic carbocycles. The Labute approximate surface area is 116 Å². The minimum absolute atomic E-state index is 0.218. The number of aromatic amines is 3. The van der Waals surface area contributed by atoms with Gasteiger partial charge in [-0.15, -0.1) is 0 Å². The molecular formula is C13H20N6O. The average molecular weight is 276 g/mol. The number of aromatic nitrogens is 5. The van der Waals surface area contributed by atoms with E-state index in [0.717, 1.165) is 55.5 Å². The number of imidazole rings is 1. The van der Waals surface area contributed by atoms with Gasteiger partial charge >= 0.3 is 5.69 Å². The van der Waals surface area contributed by atoms with Crippen molar-refractivity contribution in [2.45, 2.75) is 39.2 Å². The van der Waals surface area contributed by atoms with E-state index in [1.54, 1.807) is 0 Å². The second-order valence-corrected chi connectivity index (χ2v) is 5.51. The second-order valence-electron chi connectivity index (χ2n) is 5.51. The third-order valence-electron chi connectivity index (χ3n) is 3.97. The van der Waals surface area contributed by atoms with E-state index in [1.165, 1.54) is 0 Å². The molecule has 1 aliphatic heterocycles. The van der Waals surface area contributed by atoms with Crippen molar-refractivity contribution in [3.05, 3.63) is 33.5 Å². The van der Waals surface area contributed by atoms with Gasteiger partial charge in [0.2, 0.25) is 0 Å². The summed E-state index contributed by atoms with van der Waals surface area (Å²) in [4.78, 5) is 24.0. The minimum atomic E-state index is -0.218. The summed E-state index contributed by atoms with van der Waals surface area (Å²) in [6.45, 7) is 6.95. The summed E-state index contributed by atoms with van der Waals surface area (Å²) in [6.07, 6.45) is 2.03. The van der Waals surface area contributed by atoms with Gasteiger partial charge in [-0.3, -0.25) is 9.88 Å². The quantitative estimate of drug-likeness (QED) is 0.773. The number of piperidine rings is 1. The number of likely N-dealkylation sites (tertiary alicyclic amines) is 1. The lowest BCUT2D eigenvalue weighted by molar-refractivity contribution is 0.199. The van der Waals surface area contributed by atoms with Crippen LogP contribution in [0.5, 0.6) is 0 Å². The molecular weight excluding hydrogens is 256 g/mol. The van der Waals surface area contributed by atoms with E-state index in [-0.39, 0.29) is 5.69 Å². The number of hydrogen-bond donors (Lipinski definition) is 3. The maximum Gasteiger partial charge on any atom is 0.340 e. The maximum atomic E-state index is 11.1. The molecule has 1 saturated heterocycles. The van der Waals surface area contributed by atoms with Crippen LogP contribution < -0.4 is 5.69 Å². The predicted molar refractivity (Wildman–Crippen MR) is 74.5 cm³/mol. The highest BCUT2D eigenvalue weighted by Gasteiger charge is 2.23. The van der Waals surface area contributed by atoms with Crippen LogP contribution in [0.15, 0.2) is 4.79 Å². The zero-order valence-electron chi connectivity index (χ0n) is 11.9. The van der Waals surface area contributed by atoms with Crippen molar-refractivity contribution in [3.8, 4) is 0 Å². The van der Waals surface area contributed by atoms with Gasteiger partial charge in [-0.05, 0) is 39.8 Å². The fourth-order valence-corrected chi connectivity index (χ4v) is 2.86. The molecule has 0 radical (unpaired) electrons. The summed E-state index contributed by atoms with van der Waals surface area (Å²) in [5.74, 6) is 2.12. The van der Waals surface area contributed by atoms with Crippen LogP contribution in [0.3, 0.4) is 0 Å². The molecule has 7 heteroatoms. The number of rotatable bonds is 3. The van der Waals surface area contributed by atoms with Crippen molar-refractivity contribution in [3.63, 3.8) is 0 Å². The molecule has 108 valence electrons. The smallest absolute Gasteiger partial charge is 0.340 e. The number of nitrogens with zero attached hydrogens (tertiary/aromatic N) is 3. The van der Waals surface area contributed by atoms with E-state index in [0.29, 0.717) is 5.92 Å². The first kappa shape index (κ1) is 13.1.